The molecule has 1 saturated heterocycles. The van der Waals surface area contributed by atoms with E-state index in [2.05, 4.69) is 20.3 Å². The van der Waals surface area contributed by atoms with Crippen LogP contribution in [0.5, 0.6) is 0 Å². The summed E-state index contributed by atoms with van der Waals surface area (Å²) >= 11 is 0. The van der Waals surface area contributed by atoms with E-state index in [1.54, 1.807) is 0 Å². The van der Waals surface area contributed by atoms with Crippen molar-refractivity contribution < 1.29 is 37.7 Å². The number of fused-ring (bicyclic) bond motifs is 1. The van der Waals surface area contributed by atoms with E-state index >= 15 is 0 Å². The topological polar surface area (TPSA) is 197 Å². The second-order valence-electron chi connectivity index (χ2n) is 7.67. The van der Waals surface area contributed by atoms with Crippen LogP contribution >= 0.6 is 7.60 Å². The molecule has 0 aliphatic carbocycles. The Morgan fingerprint density at radius 3 is 2.48 bits per heavy atom. The predicted molar refractivity (Wildman–Crippen MR) is 116 cm³/mol. The van der Waals surface area contributed by atoms with Crippen molar-refractivity contribution >= 4 is 34.4 Å². The van der Waals surface area contributed by atoms with Gasteiger partial charge in [0.05, 0.1) is 6.33 Å². The van der Waals surface area contributed by atoms with Crippen molar-refractivity contribution in [2.24, 2.45) is 0 Å². The Hall–Kier alpha value is -2.45. The zero-order valence-corrected chi connectivity index (χ0v) is 18.9. The summed E-state index contributed by atoms with van der Waals surface area (Å²) in [5.41, 5.74) is 1.51. The Labute approximate surface area is 188 Å². The number of anilines is 1. The van der Waals surface area contributed by atoms with Gasteiger partial charge in [0, 0.05) is 12.8 Å². The van der Waals surface area contributed by atoms with Crippen LogP contribution in [0.1, 0.15) is 11.8 Å². The molecule has 0 saturated carbocycles. The lowest BCUT2D eigenvalue weighted by Gasteiger charge is -2.24. The van der Waals surface area contributed by atoms with Crippen molar-refractivity contribution in [3.05, 3.63) is 48.5 Å². The van der Waals surface area contributed by atoms with Crippen LogP contribution < -0.4 is 5.32 Å². The minimum Gasteiger partial charge on any atom is -0.387 e. The standard InChI is InChI=1S/C18H22N5O8PS/c1-33(29,30)18(32(26,27)28)14-12(24)13(25)17(31-14)23-9-22-11-15(20-8-21-16(11)23)19-7-10-5-3-2-4-6-10/h2-6,8-9,12-14,17-18,24-25H,7H2,1H3,(H,19,20,21)(H2,26,27,28)/t12-,13+,14-,17+,18?/m0/s1. The quantitative estimate of drug-likeness (QED) is 0.264. The Bertz CT molecular complexity index is 1300. The number of benzene rings is 1. The monoisotopic (exact) mass is 499 g/mol. The normalized spacial score (nSPS) is 24.8. The Balaban J connectivity index is 1.65. The first-order valence-corrected chi connectivity index (χ1v) is 13.3. The molecule has 1 aliphatic rings. The number of sulfone groups is 1. The molecule has 2 aromatic heterocycles. The maximum Gasteiger partial charge on any atom is 0.346 e. The number of aliphatic hydroxyl groups is 2. The zero-order chi connectivity index (χ0) is 24.0. The number of nitrogens with zero attached hydrogens (tertiary/aromatic N) is 4. The van der Waals surface area contributed by atoms with Crippen LogP contribution in [0.15, 0.2) is 43.0 Å². The van der Waals surface area contributed by atoms with Gasteiger partial charge in [-0.1, -0.05) is 30.3 Å². The van der Waals surface area contributed by atoms with Gasteiger partial charge in [0.15, 0.2) is 38.0 Å². The van der Waals surface area contributed by atoms with Crippen LogP contribution in [0.25, 0.3) is 11.2 Å². The van der Waals surface area contributed by atoms with E-state index in [0.29, 0.717) is 24.1 Å². The van der Waals surface area contributed by atoms with Gasteiger partial charge in [-0.2, -0.15) is 0 Å². The molecule has 178 valence electrons. The summed E-state index contributed by atoms with van der Waals surface area (Å²) in [7, 11) is -9.61. The number of rotatable bonds is 7. The van der Waals surface area contributed by atoms with Crippen molar-refractivity contribution in [2.75, 3.05) is 11.6 Å². The number of ether oxygens (including phenoxy) is 1. The highest BCUT2D eigenvalue weighted by molar-refractivity contribution is 7.97. The zero-order valence-electron chi connectivity index (χ0n) is 17.2. The van der Waals surface area contributed by atoms with E-state index in [-0.39, 0.29) is 5.65 Å². The van der Waals surface area contributed by atoms with Gasteiger partial charge in [-0.25, -0.2) is 23.4 Å². The number of aliphatic hydroxyl groups excluding tert-OH is 2. The average molecular weight is 499 g/mol. The number of hydrogen-bond acceptors (Lipinski definition) is 10. The lowest BCUT2D eigenvalue weighted by Crippen LogP contribution is -2.42. The summed E-state index contributed by atoms with van der Waals surface area (Å²) in [6.45, 7) is 0.446. The first-order chi connectivity index (χ1) is 15.5. The molecule has 1 fully saturated rings. The van der Waals surface area contributed by atoms with Crippen molar-refractivity contribution in [1.29, 1.82) is 0 Å². The fourth-order valence-corrected chi connectivity index (χ4v) is 7.12. The molecular formula is C18H22N5O8PS. The van der Waals surface area contributed by atoms with Gasteiger partial charge in [0.2, 0.25) is 0 Å². The lowest BCUT2D eigenvalue weighted by atomic mass is 10.1. The van der Waals surface area contributed by atoms with Crippen molar-refractivity contribution in [1.82, 2.24) is 19.5 Å². The number of nitrogens with one attached hydrogen (secondary N) is 1. The first-order valence-electron chi connectivity index (χ1n) is 9.69. The van der Waals surface area contributed by atoms with E-state index in [4.69, 9.17) is 4.74 Å². The molecule has 0 bridgehead atoms. The molecule has 0 spiro atoms. The maximum atomic E-state index is 12.0. The molecule has 5 atom stereocenters. The summed E-state index contributed by atoms with van der Waals surface area (Å²) in [5.74, 6) is 0.386. The first kappa shape index (κ1) is 23.7. The average Bonchev–Trinajstić information content (AvgIpc) is 3.28. The largest absolute Gasteiger partial charge is 0.387 e. The molecule has 0 radical (unpaired) electrons. The predicted octanol–water partition coefficient (Wildman–Crippen LogP) is -0.394. The number of aromatic nitrogens is 4. The van der Waals surface area contributed by atoms with Crippen molar-refractivity contribution in [3.63, 3.8) is 0 Å². The van der Waals surface area contributed by atoms with Crippen LogP contribution in [-0.2, 0) is 25.7 Å². The highest BCUT2D eigenvalue weighted by Crippen LogP contribution is 2.50. The van der Waals surface area contributed by atoms with Crippen molar-refractivity contribution in [2.45, 2.75) is 36.1 Å². The Morgan fingerprint density at radius 2 is 1.85 bits per heavy atom. The van der Waals surface area contributed by atoms with E-state index in [1.807, 2.05) is 30.3 Å². The van der Waals surface area contributed by atoms with Gasteiger partial charge in [0.25, 0.3) is 0 Å². The maximum absolute atomic E-state index is 12.0. The lowest BCUT2D eigenvalue weighted by molar-refractivity contribution is -0.0323. The third kappa shape index (κ3) is 4.64. The van der Waals surface area contributed by atoms with Crippen molar-refractivity contribution in [3.8, 4) is 0 Å². The van der Waals surface area contributed by atoms with E-state index < -0.39 is 47.0 Å². The summed E-state index contributed by atoms with van der Waals surface area (Å²) in [4.78, 5) is 29.3. The summed E-state index contributed by atoms with van der Waals surface area (Å²) in [5, 5.41) is 24.1. The third-order valence-corrected chi connectivity index (χ3v) is 9.34. The van der Waals surface area contributed by atoms with Crippen LogP contribution in [-0.4, -0.2) is 77.5 Å². The number of hydrogen-bond donors (Lipinski definition) is 5. The highest BCUT2D eigenvalue weighted by atomic mass is 32.2. The van der Waals surface area contributed by atoms with Gasteiger partial charge < -0.3 is 30.1 Å². The van der Waals surface area contributed by atoms with Gasteiger partial charge in [0.1, 0.15) is 24.6 Å². The Kier molecular flexibility index (Phi) is 6.26. The van der Waals surface area contributed by atoms with Gasteiger partial charge in [-0.05, 0) is 5.56 Å². The van der Waals surface area contributed by atoms with Crippen LogP contribution in [0.4, 0.5) is 5.82 Å². The van der Waals surface area contributed by atoms with Gasteiger partial charge in [-0.15, -0.1) is 0 Å². The van der Waals surface area contributed by atoms with E-state index in [0.717, 1.165) is 5.56 Å². The van der Waals surface area contributed by atoms with E-state index in [9.17, 15) is 33.0 Å². The fraction of sp³-hybridized carbons (Fsp3) is 0.389. The molecule has 15 heteroatoms. The second-order valence-corrected chi connectivity index (χ2v) is 11.9. The fourth-order valence-electron chi connectivity index (χ4n) is 3.78. The smallest absolute Gasteiger partial charge is 0.346 e. The molecule has 0 amide bonds. The Morgan fingerprint density at radius 1 is 1.15 bits per heavy atom. The minimum atomic E-state index is -5.25. The third-order valence-electron chi connectivity index (χ3n) is 5.26. The molecule has 5 N–H and O–H groups in total. The van der Waals surface area contributed by atoms with E-state index in [1.165, 1.54) is 17.2 Å². The SMILES string of the molecule is CS(=O)(=O)C([C@H]1O[C@@H](n2cnc3c(NCc4ccccc4)ncnc32)[C@H](O)[C@@H]1O)P(=O)(O)O. The molecule has 33 heavy (non-hydrogen) atoms. The molecule has 1 aliphatic heterocycles. The summed E-state index contributed by atoms with van der Waals surface area (Å²) in [6.07, 6.45) is -3.76. The molecule has 3 aromatic rings. The highest BCUT2D eigenvalue weighted by Gasteiger charge is 2.56. The number of imidazole rings is 1. The van der Waals surface area contributed by atoms with Crippen LogP contribution in [0.2, 0.25) is 0 Å². The molecule has 4 rings (SSSR count). The summed E-state index contributed by atoms with van der Waals surface area (Å²) < 4.78 is 42.7. The molecule has 13 nitrogen and oxygen atoms in total. The molecule has 1 aromatic carbocycles. The molecule has 1 unspecified atom stereocenters. The second kappa shape index (κ2) is 8.72. The summed E-state index contributed by atoms with van der Waals surface area (Å²) in [6, 6.07) is 9.52. The molecule has 3 heterocycles. The minimum absolute atomic E-state index is 0.199. The molecular weight excluding hydrogens is 477 g/mol. The van der Waals surface area contributed by atoms with Crippen LogP contribution in [0, 0.1) is 0 Å². The van der Waals surface area contributed by atoms with Crippen LogP contribution in [0.3, 0.4) is 0 Å². The van der Waals surface area contributed by atoms with Gasteiger partial charge >= 0.3 is 7.60 Å². The van der Waals surface area contributed by atoms with Gasteiger partial charge in [-0.3, -0.25) is 9.13 Å².